The summed E-state index contributed by atoms with van der Waals surface area (Å²) >= 11 is 0. The molecule has 0 saturated heterocycles. The van der Waals surface area contributed by atoms with E-state index in [1.807, 2.05) is 18.2 Å². The van der Waals surface area contributed by atoms with Crippen molar-refractivity contribution in [3.63, 3.8) is 0 Å². The largest absolute Gasteiger partial charge is 0.339 e. The standard InChI is InChI=1S/C13H18N4O/c1-9(2)7-10(14)8-12-16-13(17-18-12)11-5-3-4-6-15-11/h3-6,9-10H,7-8,14H2,1-2H3. The number of aromatic nitrogens is 3. The Hall–Kier alpha value is -1.75. The lowest BCUT2D eigenvalue weighted by Crippen LogP contribution is -2.24. The van der Waals surface area contributed by atoms with Crippen LogP contribution in [0.3, 0.4) is 0 Å². The first kappa shape index (κ1) is 12.7. The first-order chi connectivity index (χ1) is 8.65. The van der Waals surface area contributed by atoms with E-state index in [2.05, 4.69) is 29.0 Å². The monoisotopic (exact) mass is 246 g/mol. The highest BCUT2D eigenvalue weighted by Gasteiger charge is 2.13. The summed E-state index contributed by atoms with van der Waals surface area (Å²) in [4.78, 5) is 8.48. The molecule has 96 valence electrons. The molecule has 2 heterocycles. The van der Waals surface area contributed by atoms with Crippen LogP contribution < -0.4 is 5.73 Å². The summed E-state index contributed by atoms with van der Waals surface area (Å²) in [6.07, 6.45) is 3.26. The van der Waals surface area contributed by atoms with Crippen molar-refractivity contribution < 1.29 is 4.52 Å². The smallest absolute Gasteiger partial charge is 0.228 e. The number of hydrogen-bond donors (Lipinski definition) is 1. The summed E-state index contributed by atoms with van der Waals surface area (Å²) < 4.78 is 5.19. The van der Waals surface area contributed by atoms with Crippen molar-refractivity contribution >= 4 is 0 Å². The van der Waals surface area contributed by atoms with Gasteiger partial charge in [-0.05, 0) is 24.5 Å². The van der Waals surface area contributed by atoms with Crippen LogP contribution in [0.15, 0.2) is 28.9 Å². The molecule has 0 saturated carbocycles. The molecule has 0 aliphatic heterocycles. The number of pyridine rings is 1. The minimum absolute atomic E-state index is 0.0574. The van der Waals surface area contributed by atoms with Gasteiger partial charge in [-0.1, -0.05) is 25.1 Å². The molecule has 2 N–H and O–H groups in total. The third kappa shape index (κ3) is 3.37. The van der Waals surface area contributed by atoms with Gasteiger partial charge in [0, 0.05) is 18.7 Å². The lowest BCUT2D eigenvalue weighted by molar-refractivity contribution is 0.359. The Morgan fingerprint density at radius 3 is 2.83 bits per heavy atom. The fraction of sp³-hybridized carbons (Fsp3) is 0.462. The molecule has 5 heteroatoms. The SMILES string of the molecule is CC(C)CC(N)Cc1nc(-c2ccccn2)no1. The van der Waals surface area contributed by atoms with Gasteiger partial charge in [-0.15, -0.1) is 0 Å². The minimum atomic E-state index is 0.0574. The normalized spacial score (nSPS) is 12.9. The van der Waals surface area contributed by atoms with Gasteiger partial charge < -0.3 is 10.3 Å². The molecule has 0 amide bonds. The van der Waals surface area contributed by atoms with E-state index < -0.39 is 0 Å². The van der Waals surface area contributed by atoms with E-state index in [1.165, 1.54) is 0 Å². The second-order valence-corrected chi connectivity index (χ2v) is 4.82. The van der Waals surface area contributed by atoms with Crippen molar-refractivity contribution in [2.75, 3.05) is 0 Å². The summed E-state index contributed by atoms with van der Waals surface area (Å²) in [6, 6.07) is 5.65. The fourth-order valence-corrected chi connectivity index (χ4v) is 1.85. The van der Waals surface area contributed by atoms with Gasteiger partial charge >= 0.3 is 0 Å². The Morgan fingerprint density at radius 2 is 2.17 bits per heavy atom. The van der Waals surface area contributed by atoms with Crippen LogP contribution in [0.25, 0.3) is 11.5 Å². The zero-order valence-electron chi connectivity index (χ0n) is 10.7. The zero-order valence-corrected chi connectivity index (χ0v) is 10.7. The third-order valence-electron chi connectivity index (χ3n) is 2.57. The summed E-state index contributed by atoms with van der Waals surface area (Å²) in [7, 11) is 0. The Morgan fingerprint density at radius 1 is 1.33 bits per heavy atom. The molecular weight excluding hydrogens is 228 g/mol. The van der Waals surface area contributed by atoms with Crippen molar-refractivity contribution in [2.24, 2.45) is 11.7 Å². The molecule has 2 rings (SSSR count). The van der Waals surface area contributed by atoms with E-state index in [-0.39, 0.29) is 6.04 Å². The van der Waals surface area contributed by atoms with Crippen LogP contribution in [0.2, 0.25) is 0 Å². The van der Waals surface area contributed by atoms with Crippen LogP contribution >= 0.6 is 0 Å². The Bertz CT molecular complexity index is 481. The van der Waals surface area contributed by atoms with E-state index in [9.17, 15) is 0 Å². The molecule has 0 spiro atoms. The highest BCUT2D eigenvalue weighted by molar-refractivity contribution is 5.46. The first-order valence-corrected chi connectivity index (χ1v) is 6.14. The molecular formula is C13H18N4O. The summed E-state index contributed by atoms with van der Waals surface area (Å²) in [5.74, 6) is 1.66. The van der Waals surface area contributed by atoms with Crippen LogP contribution in [0, 0.1) is 5.92 Å². The van der Waals surface area contributed by atoms with Crippen molar-refractivity contribution in [1.29, 1.82) is 0 Å². The molecule has 2 aromatic rings. The zero-order chi connectivity index (χ0) is 13.0. The molecule has 1 unspecified atom stereocenters. The van der Waals surface area contributed by atoms with E-state index in [0.717, 1.165) is 6.42 Å². The van der Waals surface area contributed by atoms with Crippen LogP contribution in [0.5, 0.6) is 0 Å². The van der Waals surface area contributed by atoms with Crippen LogP contribution in [-0.4, -0.2) is 21.2 Å². The molecule has 0 fully saturated rings. The van der Waals surface area contributed by atoms with Gasteiger partial charge in [0.15, 0.2) is 0 Å². The topological polar surface area (TPSA) is 77.8 Å². The average Bonchev–Trinajstić information content (AvgIpc) is 2.77. The Balaban J connectivity index is 2.03. The van der Waals surface area contributed by atoms with Crippen LogP contribution in [0.4, 0.5) is 0 Å². The summed E-state index contributed by atoms with van der Waals surface area (Å²) in [5, 5.41) is 3.91. The molecule has 0 aliphatic rings. The van der Waals surface area contributed by atoms with Crippen molar-refractivity contribution in [3.05, 3.63) is 30.3 Å². The van der Waals surface area contributed by atoms with Crippen LogP contribution in [-0.2, 0) is 6.42 Å². The molecule has 2 aromatic heterocycles. The first-order valence-electron chi connectivity index (χ1n) is 6.14. The van der Waals surface area contributed by atoms with E-state index in [4.69, 9.17) is 10.3 Å². The average molecular weight is 246 g/mol. The predicted octanol–water partition coefficient (Wildman–Crippen LogP) is 2.05. The van der Waals surface area contributed by atoms with Gasteiger partial charge in [-0.25, -0.2) is 0 Å². The summed E-state index contributed by atoms with van der Waals surface area (Å²) in [5.41, 5.74) is 6.72. The molecule has 18 heavy (non-hydrogen) atoms. The fourth-order valence-electron chi connectivity index (χ4n) is 1.85. The number of nitrogens with two attached hydrogens (primary N) is 1. The maximum Gasteiger partial charge on any atom is 0.228 e. The van der Waals surface area contributed by atoms with Gasteiger partial charge in [-0.3, -0.25) is 4.98 Å². The number of rotatable bonds is 5. The van der Waals surface area contributed by atoms with Gasteiger partial charge in [0.2, 0.25) is 11.7 Å². The molecule has 0 aliphatic carbocycles. The van der Waals surface area contributed by atoms with Gasteiger partial charge in [-0.2, -0.15) is 4.98 Å². The lowest BCUT2D eigenvalue weighted by Gasteiger charge is -2.10. The van der Waals surface area contributed by atoms with E-state index in [1.54, 1.807) is 6.20 Å². The third-order valence-corrected chi connectivity index (χ3v) is 2.57. The van der Waals surface area contributed by atoms with Crippen molar-refractivity contribution in [2.45, 2.75) is 32.7 Å². The van der Waals surface area contributed by atoms with Crippen molar-refractivity contribution in [3.8, 4) is 11.5 Å². The predicted molar refractivity (Wildman–Crippen MR) is 68.7 cm³/mol. The Kier molecular flexibility index (Phi) is 4.04. The number of nitrogens with zero attached hydrogens (tertiary/aromatic N) is 3. The Labute approximate surface area is 106 Å². The molecule has 0 aromatic carbocycles. The summed E-state index contributed by atoms with van der Waals surface area (Å²) in [6.45, 7) is 4.29. The molecule has 1 atom stereocenters. The van der Waals surface area contributed by atoms with E-state index in [0.29, 0.717) is 29.7 Å². The molecule has 5 nitrogen and oxygen atoms in total. The van der Waals surface area contributed by atoms with Gasteiger partial charge in [0.25, 0.3) is 0 Å². The van der Waals surface area contributed by atoms with Gasteiger partial charge in [0.1, 0.15) is 5.69 Å². The second kappa shape index (κ2) is 5.73. The molecule has 0 bridgehead atoms. The van der Waals surface area contributed by atoms with E-state index >= 15 is 0 Å². The van der Waals surface area contributed by atoms with Crippen molar-refractivity contribution in [1.82, 2.24) is 15.1 Å². The molecule has 0 radical (unpaired) electrons. The lowest BCUT2D eigenvalue weighted by atomic mass is 10.0. The maximum absolute atomic E-state index is 6.01. The minimum Gasteiger partial charge on any atom is -0.339 e. The highest BCUT2D eigenvalue weighted by Crippen LogP contribution is 2.14. The maximum atomic E-state index is 6.01. The highest BCUT2D eigenvalue weighted by atomic mass is 16.5. The quantitative estimate of drug-likeness (QED) is 0.873. The van der Waals surface area contributed by atoms with Crippen LogP contribution in [0.1, 0.15) is 26.2 Å². The van der Waals surface area contributed by atoms with Gasteiger partial charge in [0.05, 0.1) is 0 Å². The second-order valence-electron chi connectivity index (χ2n) is 4.82. The number of hydrogen-bond acceptors (Lipinski definition) is 5.